The molecule has 1 aliphatic heterocycles. The highest BCUT2D eigenvalue weighted by molar-refractivity contribution is 6.32. The topological polar surface area (TPSA) is 61.8 Å². The fourth-order valence-corrected chi connectivity index (χ4v) is 3.01. The van der Waals surface area contributed by atoms with E-state index in [1.165, 1.54) is 0 Å². The molecule has 25 heavy (non-hydrogen) atoms. The van der Waals surface area contributed by atoms with Gasteiger partial charge in [0.2, 0.25) is 0 Å². The Bertz CT molecular complexity index is 552. The van der Waals surface area contributed by atoms with E-state index in [-0.39, 0.29) is 6.10 Å². The van der Waals surface area contributed by atoms with Gasteiger partial charge >= 0.3 is 0 Å². The highest BCUT2D eigenvalue weighted by atomic mass is 35.5. The van der Waals surface area contributed by atoms with E-state index in [2.05, 4.69) is 46.3 Å². The lowest BCUT2D eigenvalue weighted by Crippen LogP contribution is -2.44. The van der Waals surface area contributed by atoms with Crippen molar-refractivity contribution in [2.75, 3.05) is 37.7 Å². The fourth-order valence-electron chi connectivity index (χ4n) is 2.77. The molecule has 2 heterocycles. The van der Waals surface area contributed by atoms with Crippen molar-refractivity contribution in [2.45, 2.75) is 45.8 Å². The summed E-state index contributed by atoms with van der Waals surface area (Å²) < 4.78 is 5.56. The van der Waals surface area contributed by atoms with Gasteiger partial charge in [-0.05, 0) is 45.7 Å². The van der Waals surface area contributed by atoms with Gasteiger partial charge in [0, 0.05) is 45.0 Å². The largest absolute Gasteiger partial charge is 0.379 e. The molecule has 1 atom stereocenters. The van der Waals surface area contributed by atoms with Crippen molar-refractivity contribution >= 4 is 23.4 Å². The molecule has 0 saturated carbocycles. The average Bonchev–Trinajstić information content (AvgIpc) is 3.03. The Balaban J connectivity index is 1.82. The number of aromatic nitrogens is 1. The Morgan fingerprint density at radius 3 is 3.08 bits per heavy atom. The Morgan fingerprint density at radius 1 is 1.52 bits per heavy atom. The molecule has 1 aromatic heterocycles. The van der Waals surface area contributed by atoms with Gasteiger partial charge in [0.25, 0.3) is 0 Å². The summed E-state index contributed by atoms with van der Waals surface area (Å²) in [5, 5.41) is 7.54. The maximum absolute atomic E-state index is 6.26. The van der Waals surface area contributed by atoms with Crippen LogP contribution in [0.3, 0.4) is 0 Å². The van der Waals surface area contributed by atoms with Crippen molar-refractivity contribution in [1.29, 1.82) is 0 Å². The zero-order valence-corrected chi connectivity index (χ0v) is 16.2. The first kappa shape index (κ1) is 19.8. The number of anilines is 1. The molecule has 0 amide bonds. The summed E-state index contributed by atoms with van der Waals surface area (Å²) in [7, 11) is 0. The van der Waals surface area contributed by atoms with Gasteiger partial charge < -0.3 is 20.3 Å². The minimum Gasteiger partial charge on any atom is -0.379 e. The van der Waals surface area contributed by atoms with Crippen LogP contribution in [0.2, 0.25) is 5.02 Å². The molecule has 1 unspecified atom stereocenters. The van der Waals surface area contributed by atoms with E-state index in [1.54, 1.807) is 6.20 Å². The Labute approximate surface area is 156 Å². The number of hydrogen-bond donors (Lipinski definition) is 2. The first-order valence-electron chi connectivity index (χ1n) is 9.12. The summed E-state index contributed by atoms with van der Waals surface area (Å²) >= 11 is 6.26. The van der Waals surface area contributed by atoms with Gasteiger partial charge in [-0.3, -0.25) is 4.99 Å². The summed E-state index contributed by atoms with van der Waals surface area (Å²) in [5.74, 6) is 1.73. The molecule has 1 aliphatic rings. The van der Waals surface area contributed by atoms with Crippen molar-refractivity contribution in [3.8, 4) is 0 Å². The van der Waals surface area contributed by atoms with Gasteiger partial charge in [0.15, 0.2) is 5.96 Å². The molecule has 1 saturated heterocycles. The van der Waals surface area contributed by atoms with E-state index < -0.39 is 0 Å². The molecule has 1 fully saturated rings. The van der Waals surface area contributed by atoms with Crippen LogP contribution in [0.5, 0.6) is 0 Å². The predicted octanol–water partition coefficient (Wildman–Crippen LogP) is 2.68. The molecule has 6 nitrogen and oxygen atoms in total. The highest BCUT2D eigenvalue weighted by Gasteiger charge is 2.25. The number of guanidine groups is 1. The monoisotopic (exact) mass is 367 g/mol. The smallest absolute Gasteiger partial charge is 0.191 e. The minimum atomic E-state index is 0.276. The average molecular weight is 368 g/mol. The normalized spacial score (nSPS) is 18.0. The summed E-state index contributed by atoms with van der Waals surface area (Å²) in [6.45, 7) is 10.3. The number of halogens is 1. The zero-order chi connectivity index (χ0) is 18.1. The molecule has 2 rings (SSSR count). The third-order valence-electron chi connectivity index (χ3n) is 3.94. The quantitative estimate of drug-likeness (QED) is 0.420. The third kappa shape index (κ3) is 6.71. The molecular formula is C18H30ClN5O. The van der Waals surface area contributed by atoms with Crippen molar-refractivity contribution in [3.05, 3.63) is 23.4 Å². The summed E-state index contributed by atoms with van der Waals surface area (Å²) in [6, 6.07) is 4.08. The fraction of sp³-hybridized carbons (Fsp3) is 0.667. The molecule has 2 N–H and O–H groups in total. The Morgan fingerprint density at radius 2 is 2.36 bits per heavy atom. The van der Waals surface area contributed by atoms with Crippen LogP contribution in [0, 0.1) is 0 Å². The number of rotatable bonds is 8. The van der Waals surface area contributed by atoms with Crippen molar-refractivity contribution in [3.63, 3.8) is 0 Å². The second-order valence-electron chi connectivity index (χ2n) is 6.42. The molecule has 0 aromatic carbocycles. The van der Waals surface area contributed by atoms with Gasteiger partial charge in [0.1, 0.15) is 5.82 Å². The summed E-state index contributed by atoms with van der Waals surface area (Å²) in [5.41, 5.74) is 0. The number of hydrogen-bond acceptors (Lipinski definition) is 4. The van der Waals surface area contributed by atoms with Crippen LogP contribution in [0.4, 0.5) is 5.82 Å². The first-order chi connectivity index (χ1) is 12.1. The molecule has 1 aromatic rings. The highest BCUT2D eigenvalue weighted by Crippen LogP contribution is 2.25. The van der Waals surface area contributed by atoms with Crippen LogP contribution >= 0.6 is 11.6 Å². The predicted molar refractivity (Wildman–Crippen MR) is 105 cm³/mol. The van der Waals surface area contributed by atoms with Crippen molar-refractivity contribution < 1.29 is 4.74 Å². The lowest BCUT2D eigenvalue weighted by molar-refractivity contribution is 0.0782. The molecule has 0 bridgehead atoms. The van der Waals surface area contributed by atoms with Crippen LogP contribution < -0.4 is 15.5 Å². The lowest BCUT2D eigenvalue weighted by Gasteiger charge is -2.20. The molecule has 7 heteroatoms. The second-order valence-corrected chi connectivity index (χ2v) is 6.83. The molecule has 0 spiro atoms. The van der Waals surface area contributed by atoms with Crippen molar-refractivity contribution in [1.82, 2.24) is 15.6 Å². The maximum Gasteiger partial charge on any atom is 0.191 e. The van der Waals surface area contributed by atoms with Gasteiger partial charge in [-0.2, -0.15) is 0 Å². The molecule has 0 aliphatic carbocycles. The molecule has 0 radical (unpaired) electrons. The standard InChI is InChI=1S/C18H30ClN5O/c1-4-20-18(22-10-6-12-25-14(2)3)23-15-8-11-24(13-15)17-16(19)7-5-9-21-17/h5,7,9,14-15H,4,6,8,10-13H2,1-3H3,(H2,20,22,23). The Hall–Kier alpha value is -1.53. The van der Waals surface area contributed by atoms with Crippen LogP contribution in [0.15, 0.2) is 23.3 Å². The summed E-state index contributed by atoms with van der Waals surface area (Å²) in [6.07, 6.45) is 4.02. The number of aliphatic imine (C=N–C) groups is 1. The lowest BCUT2D eigenvalue weighted by atomic mass is 10.3. The maximum atomic E-state index is 6.26. The third-order valence-corrected chi connectivity index (χ3v) is 4.23. The van der Waals surface area contributed by atoms with Crippen LogP contribution in [0.25, 0.3) is 0 Å². The van der Waals surface area contributed by atoms with Crippen LogP contribution in [0.1, 0.15) is 33.6 Å². The van der Waals surface area contributed by atoms with Gasteiger partial charge in [-0.1, -0.05) is 11.6 Å². The number of ether oxygens (including phenoxy) is 1. The second kappa shape index (κ2) is 10.5. The SMILES string of the molecule is CCNC(=NCCCOC(C)C)NC1CCN(c2ncccc2Cl)C1. The number of nitrogens with zero attached hydrogens (tertiary/aromatic N) is 3. The van der Waals surface area contributed by atoms with Crippen molar-refractivity contribution in [2.24, 2.45) is 4.99 Å². The first-order valence-corrected chi connectivity index (χ1v) is 9.49. The van der Waals surface area contributed by atoms with E-state index in [1.807, 2.05) is 12.1 Å². The minimum absolute atomic E-state index is 0.276. The van der Waals surface area contributed by atoms with Gasteiger partial charge in [-0.25, -0.2) is 4.98 Å². The van der Waals surface area contributed by atoms with Gasteiger partial charge in [-0.15, -0.1) is 0 Å². The van der Waals surface area contributed by atoms with Gasteiger partial charge in [0.05, 0.1) is 11.1 Å². The van der Waals surface area contributed by atoms with Crippen LogP contribution in [-0.2, 0) is 4.74 Å². The van der Waals surface area contributed by atoms with E-state index in [0.29, 0.717) is 11.1 Å². The van der Waals surface area contributed by atoms with Crippen LogP contribution in [-0.4, -0.2) is 55.9 Å². The van der Waals surface area contributed by atoms with E-state index >= 15 is 0 Å². The number of pyridine rings is 1. The summed E-state index contributed by atoms with van der Waals surface area (Å²) in [4.78, 5) is 11.3. The molecule has 140 valence electrons. The van der Waals surface area contributed by atoms with E-state index in [9.17, 15) is 0 Å². The van der Waals surface area contributed by atoms with E-state index in [4.69, 9.17) is 16.3 Å². The number of nitrogens with one attached hydrogen (secondary N) is 2. The molecular weight excluding hydrogens is 338 g/mol. The zero-order valence-electron chi connectivity index (χ0n) is 15.5. The van der Waals surface area contributed by atoms with E-state index in [0.717, 1.165) is 57.4 Å². The Kier molecular flexibility index (Phi) is 8.28.